The van der Waals surface area contributed by atoms with E-state index in [1.165, 1.54) is 12.1 Å². The number of hydrogen-bond acceptors (Lipinski definition) is 2. The lowest BCUT2D eigenvalue weighted by molar-refractivity contribution is -0.138. The van der Waals surface area contributed by atoms with Crippen molar-refractivity contribution in [2.24, 2.45) is 0 Å². The molecule has 1 atom stereocenters. The van der Waals surface area contributed by atoms with Crippen molar-refractivity contribution in [3.05, 3.63) is 71.2 Å². The molecule has 0 saturated heterocycles. The fraction of sp³-hybridized carbons (Fsp3) is 0.211. The monoisotopic (exact) mass is 360 g/mol. The average Bonchev–Trinajstić information content (AvgIpc) is 2.86. The number of nitrogens with zero attached hydrogens (tertiary/aromatic N) is 1. The number of aromatic nitrogens is 1. The minimum absolute atomic E-state index is 0.268. The second kappa shape index (κ2) is 7.25. The van der Waals surface area contributed by atoms with Gasteiger partial charge in [0, 0.05) is 29.6 Å². The van der Waals surface area contributed by atoms with Crippen LogP contribution >= 0.6 is 11.8 Å². The summed E-state index contributed by atoms with van der Waals surface area (Å²) in [5, 5.41) is 10.3. The van der Waals surface area contributed by atoms with Crippen molar-refractivity contribution >= 4 is 28.6 Å². The Morgan fingerprint density at radius 3 is 2.56 bits per heavy atom. The maximum Gasteiger partial charge on any atom is 0.322 e. The topological polar surface area (TPSA) is 54.3 Å². The number of nitrogens with one attached hydrogen (secondary N) is 1. The second-order valence-electron chi connectivity index (χ2n) is 6.00. The van der Waals surface area contributed by atoms with E-state index < -0.39 is 12.0 Å². The summed E-state index contributed by atoms with van der Waals surface area (Å²) in [7, 11) is 0. The largest absolute Gasteiger partial charge is 0.480 e. The van der Waals surface area contributed by atoms with Gasteiger partial charge in [0.15, 0.2) is 0 Å². The summed E-state index contributed by atoms with van der Waals surface area (Å²) in [6, 6.07) is 13.4. The van der Waals surface area contributed by atoms with Crippen LogP contribution in [0.5, 0.6) is 0 Å². The molecule has 4 nitrogen and oxygen atoms in total. The molecule has 0 amide bonds. The van der Waals surface area contributed by atoms with Crippen LogP contribution in [0.4, 0.5) is 4.39 Å². The Morgan fingerprint density at radius 1 is 1.24 bits per heavy atom. The summed E-state index contributed by atoms with van der Waals surface area (Å²) < 4.78 is 15.3. The van der Waals surface area contributed by atoms with Crippen LogP contribution in [-0.2, 0) is 17.8 Å². The van der Waals surface area contributed by atoms with Crippen LogP contribution < -0.4 is 4.84 Å². The molecule has 0 spiro atoms. The predicted octanol–water partition coefficient (Wildman–Crippen LogP) is 3.88. The molecule has 0 aliphatic rings. The third kappa shape index (κ3) is 3.52. The SMILES string of the molecule is Cc1c(CC(NCl)C(=O)O)c2ccccc2n1Cc1ccc(F)cc1. The van der Waals surface area contributed by atoms with Gasteiger partial charge in [-0.1, -0.05) is 30.3 Å². The van der Waals surface area contributed by atoms with E-state index in [9.17, 15) is 14.3 Å². The molecule has 1 heterocycles. The number of para-hydroxylation sites is 1. The van der Waals surface area contributed by atoms with Gasteiger partial charge >= 0.3 is 5.97 Å². The number of fused-ring (bicyclic) bond motifs is 1. The van der Waals surface area contributed by atoms with Crippen molar-refractivity contribution < 1.29 is 14.3 Å². The number of carbonyl (C=O) groups is 1. The Labute approximate surface area is 150 Å². The van der Waals surface area contributed by atoms with E-state index in [2.05, 4.69) is 9.40 Å². The first kappa shape index (κ1) is 17.5. The molecule has 0 aliphatic heterocycles. The minimum atomic E-state index is -0.996. The molecule has 0 saturated carbocycles. The van der Waals surface area contributed by atoms with Gasteiger partial charge in [-0.3, -0.25) is 4.79 Å². The average molecular weight is 361 g/mol. The number of halogens is 2. The van der Waals surface area contributed by atoms with Crippen molar-refractivity contribution in [3.63, 3.8) is 0 Å². The van der Waals surface area contributed by atoms with Gasteiger partial charge in [-0.05, 0) is 48.0 Å². The Hall–Kier alpha value is -2.37. The quantitative estimate of drug-likeness (QED) is 0.656. The van der Waals surface area contributed by atoms with E-state index >= 15 is 0 Å². The number of rotatable bonds is 6. The standard InChI is InChI=1S/C19H18ClFN2O2/c1-12-16(10-17(22-20)19(24)25)15-4-2-3-5-18(15)23(12)11-13-6-8-14(21)9-7-13/h2-9,17,22H,10-11H2,1H3,(H,24,25). The Kier molecular flexibility index (Phi) is 5.06. The highest BCUT2D eigenvalue weighted by Crippen LogP contribution is 2.28. The highest BCUT2D eigenvalue weighted by molar-refractivity contribution is 6.14. The summed E-state index contributed by atoms with van der Waals surface area (Å²) in [5.41, 5.74) is 3.90. The van der Waals surface area contributed by atoms with Crippen molar-refractivity contribution in [1.29, 1.82) is 0 Å². The van der Waals surface area contributed by atoms with Crippen molar-refractivity contribution in [2.45, 2.75) is 25.9 Å². The summed E-state index contributed by atoms with van der Waals surface area (Å²) in [6.45, 7) is 2.55. The van der Waals surface area contributed by atoms with Crippen LogP contribution in [0.15, 0.2) is 48.5 Å². The predicted molar refractivity (Wildman–Crippen MR) is 96.3 cm³/mol. The third-order valence-electron chi connectivity index (χ3n) is 4.45. The first-order valence-corrected chi connectivity index (χ1v) is 8.29. The van der Waals surface area contributed by atoms with Gasteiger partial charge in [0.25, 0.3) is 0 Å². The van der Waals surface area contributed by atoms with Crippen LogP contribution in [0.3, 0.4) is 0 Å². The van der Waals surface area contributed by atoms with Crippen LogP contribution in [0, 0.1) is 12.7 Å². The Morgan fingerprint density at radius 2 is 1.92 bits per heavy atom. The van der Waals surface area contributed by atoms with Gasteiger partial charge in [-0.2, -0.15) is 0 Å². The summed E-state index contributed by atoms with van der Waals surface area (Å²) >= 11 is 5.59. The molecular weight excluding hydrogens is 343 g/mol. The van der Waals surface area contributed by atoms with Gasteiger partial charge in [0.05, 0.1) is 0 Å². The maximum atomic E-state index is 13.1. The third-order valence-corrected chi connectivity index (χ3v) is 4.72. The first-order chi connectivity index (χ1) is 12.0. The summed E-state index contributed by atoms with van der Waals surface area (Å²) in [4.78, 5) is 13.7. The number of hydrogen-bond donors (Lipinski definition) is 2. The number of aliphatic carboxylic acids is 1. The van der Waals surface area contributed by atoms with E-state index in [4.69, 9.17) is 11.8 Å². The van der Waals surface area contributed by atoms with Gasteiger partial charge in [0.1, 0.15) is 11.9 Å². The van der Waals surface area contributed by atoms with E-state index in [1.54, 1.807) is 12.1 Å². The van der Waals surface area contributed by atoms with Crippen LogP contribution in [0.1, 0.15) is 16.8 Å². The molecule has 0 radical (unpaired) electrons. The summed E-state index contributed by atoms with van der Waals surface area (Å²) in [6.07, 6.45) is 0.279. The van der Waals surface area contributed by atoms with E-state index in [0.29, 0.717) is 6.54 Å². The normalized spacial score (nSPS) is 12.4. The highest BCUT2D eigenvalue weighted by Gasteiger charge is 2.22. The Bertz CT molecular complexity index is 906. The lowest BCUT2D eigenvalue weighted by atomic mass is 10.0. The molecule has 2 N–H and O–H groups in total. The molecule has 6 heteroatoms. The zero-order chi connectivity index (χ0) is 18.0. The molecule has 0 fully saturated rings. The molecule has 3 rings (SSSR count). The van der Waals surface area contributed by atoms with Gasteiger partial charge < -0.3 is 9.67 Å². The molecule has 1 unspecified atom stereocenters. The molecule has 0 aliphatic carbocycles. The number of carboxylic acid groups (broad SMARTS) is 1. The molecule has 3 aromatic rings. The molecular formula is C19H18ClFN2O2. The molecule has 1 aromatic heterocycles. The van der Waals surface area contributed by atoms with E-state index in [-0.39, 0.29) is 12.2 Å². The van der Waals surface area contributed by atoms with Gasteiger partial charge in [-0.25, -0.2) is 9.23 Å². The first-order valence-electron chi connectivity index (χ1n) is 7.91. The second-order valence-corrected chi connectivity index (χ2v) is 6.22. The van der Waals surface area contributed by atoms with Gasteiger partial charge in [-0.15, -0.1) is 0 Å². The summed E-state index contributed by atoms with van der Waals surface area (Å²) in [5.74, 6) is -1.26. The minimum Gasteiger partial charge on any atom is -0.480 e. The molecule has 130 valence electrons. The van der Waals surface area contributed by atoms with Crippen molar-refractivity contribution in [1.82, 2.24) is 9.40 Å². The lowest BCUT2D eigenvalue weighted by Gasteiger charge is -2.11. The van der Waals surface area contributed by atoms with Crippen LogP contribution in [-0.4, -0.2) is 21.7 Å². The molecule has 0 bridgehead atoms. The zero-order valence-corrected chi connectivity index (χ0v) is 14.4. The van der Waals surface area contributed by atoms with Crippen molar-refractivity contribution in [3.8, 4) is 0 Å². The maximum absolute atomic E-state index is 13.1. The van der Waals surface area contributed by atoms with Crippen LogP contribution in [0.2, 0.25) is 0 Å². The zero-order valence-electron chi connectivity index (χ0n) is 13.7. The van der Waals surface area contributed by atoms with E-state index in [0.717, 1.165) is 27.7 Å². The fourth-order valence-electron chi connectivity index (χ4n) is 3.11. The van der Waals surface area contributed by atoms with Crippen LogP contribution in [0.25, 0.3) is 10.9 Å². The Balaban J connectivity index is 2.05. The smallest absolute Gasteiger partial charge is 0.322 e. The van der Waals surface area contributed by atoms with E-state index in [1.807, 2.05) is 31.2 Å². The lowest BCUT2D eigenvalue weighted by Crippen LogP contribution is -2.32. The van der Waals surface area contributed by atoms with Gasteiger partial charge in [0.2, 0.25) is 0 Å². The highest BCUT2D eigenvalue weighted by atomic mass is 35.5. The number of carboxylic acids is 1. The van der Waals surface area contributed by atoms with Crippen molar-refractivity contribution in [2.75, 3.05) is 0 Å². The fourth-order valence-corrected chi connectivity index (χ4v) is 3.28. The molecule has 25 heavy (non-hydrogen) atoms. The molecule has 2 aromatic carbocycles. The number of benzene rings is 2.